The smallest absolute Gasteiger partial charge is 0.0947 e. The molecule has 4 atom stereocenters. The van der Waals surface area contributed by atoms with E-state index in [1.54, 1.807) is 0 Å². The Morgan fingerprint density at radius 3 is 2.15 bits per heavy atom. The van der Waals surface area contributed by atoms with E-state index in [1.165, 1.54) is 0 Å². The van der Waals surface area contributed by atoms with Gasteiger partial charge in [-0.25, -0.2) is 0 Å². The Morgan fingerprint density at radius 1 is 1.10 bits per heavy atom. The molecular formula is C17H27NO2. The number of morpholine rings is 1. The van der Waals surface area contributed by atoms with Crippen LogP contribution in [0.3, 0.4) is 0 Å². The second-order valence-corrected chi connectivity index (χ2v) is 6.30. The van der Waals surface area contributed by atoms with Crippen molar-refractivity contribution in [2.45, 2.75) is 52.0 Å². The van der Waals surface area contributed by atoms with Crippen LogP contribution in [0.5, 0.6) is 0 Å². The molecule has 1 N–H and O–H groups in total. The Labute approximate surface area is 122 Å². The van der Waals surface area contributed by atoms with Gasteiger partial charge in [-0.3, -0.25) is 4.90 Å². The minimum atomic E-state index is -0.450. The highest BCUT2D eigenvalue weighted by Crippen LogP contribution is 2.28. The van der Waals surface area contributed by atoms with Crippen LogP contribution in [0.25, 0.3) is 0 Å². The molecule has 0 saturated carbocycles. The van der Waals surface area contributed by atoms with Crippen LogP contribution in [0.4, 0.5) is 0 Å². The molecule has 1 saturated heterocycles. The first-order chi connectivity index (χ1) is 9.49. The van der Waals surface area contributed by atoms with Gasteiger partial charge >= 0.3 is 0 Å². The van der Waals surface area contributed by atoms with Crippen LogP contribution in [0.1, 0.15) is 39.4 Å². The van der Waals surface area contributed by atoms with Gasteiger partial charge in [0.15, 0.2) is 0 Å². The zero-order valence-corrected chi connectivity index (χ0v) is 13.0. The minimum Gasteiger partial charge on any atom is -0.387 e. The van der Waals surface area contributed by atoms with Crippen molar-refractivity contribution in [2.75, 3.05) is 13.1 Å². The number of rotatable bonds is 4. The number of nitrogens with zero attached hydrogens (tertiary/aromatic N) is 1. The van der Waals surface area contributed by atoms with E-state index in [1.807, 2.05) is 30.3 Å². The van der Waals surface area contributed by atoms with Crippen molar-refractivity contribution in [1.82, 2.24) is 4.90 Å². The van der Waals surface area contributed by atoms with Crippen LogP contribution in [0.15, 0.2) is 30.3 Å². The molecule has 0 aromatic heterocycles. The molecular weight excluding hydrogens is 250 g/mol. The van der Waals surface area contributed by atoms with Gasteiger partial charge in [0.1, 0.15) is 0 Å². The third-order valence-electron chi connectivity index (χ3n) is 4.02. The lowest BCUT2D eigenvalue weighted by molar-refractivity contribution is -0.104. The summed E-state index contributed by atoms with van der Waals surface area (Å²) in [5.74, 6) is 0.391. The first kappa shape index (κ1) is 15.5. The van der Waals surface area contributed by atoms with E-state index < -0.39 is 6.10 Å². The lowest BCUT2D eigenvalue weighted by Crippen LogP contribution is -2.53. The topological polar surface area (TPSA) is 32.7 Å². The predicted octanol–water partition coefficient (Wildman–Crippen LogP) is 2.85. The maximum Gasteiger partial charge on any atom is 0.0947 e. The highest BCUT2D eigenvalue weighted by atomic mass is 16.5. The Balaban J connectivity index is 2.18. The van der Waals surface area contributed by atoms with Gasteiger partial charge in [-0.05, 0) is 25.3 Å². The molecule has 4 unspecified atom stereocenters. The van der Waals surface area contributed by atoms with E-state index >= 15 is 0 Å². The molecule has 1 heterocycles. The second kappa shape index (κ2) is 6.70. The van der Waals surface area contributed by atoms with E-state index in [0.717, 1.165) is 18.7 Å². The highest BCUT2D eigenvalue weighted by molar-refractivity contribution is 5.19. The van der Waals surface area contributed by atoms with Crippen LogP contribution >= 0.6 is 0 Å². The first-order valence-electron chi connectivity index (χ1n) is 7.61. The highest BCUT2D eigenvalue weighted by Gasteiger charge is 2.34. The summed E-state index contributed by atoms with van der Waals surface area (Å²) >= 11 is 0. The van der Waals surface area contributed by atoms with Gasteiger partial charge in [-0.1, -0.05) is 44.2 Å². The van der Waals surface area contributed by atoms with Crippen molar-refractivity contribution in [1.29, 1.82) is 0 Å². The summed E-state index contributed by atoms with van der Waals surface area (Å²) in [4.78, 5) is 2.39. The maximum atomic E-state index is 10.8. The van der Waals surface area contributed by atoms with Gasteiger partial charge in [0.2, 0.25) is 0 Å². The summed E-state index contributed by atoms with van der Waals surface area (Å²) in [6.07, 6.45) is -0.000327. The van der Waals surface area contributed by atoms with Crippen molar-refractivity contribution < 1.29 is 9.84 Å². The largest absolute Gasteiger partial charge is 0.387 e. The standard InChI is InChI=1S/C17H27NO2/c1-12(2)16(17(19)15-8-6-5-7-9-15)18-10-13(3)20-14(4)11-18/h5-9,12-14,16-17,19H,10-11H2,1-4H3. The molecule has 1 fully saturated rings. The number of hydrogen-bond acceptors (Lipinski definition) is 3. The van der Waals surface area contributed by atoms with Gasteiger partial charge in [-0.2, -0.15) is 0 Å². The molecule has 1 aromatic rings. The molecule has 0 spiro atoms. The predicted molar refractivity (Wildman–Crippen MR) is 81.6 cm³/mol. The molecule has 20 heavy (non-hydrogen) atoms. The Hall–Kier alpha value is -0.900. The average Bonchev–Trinajstić information content (AvgIpc) is 2.38. The number of aliphatic hydroxyl groups excluding tert-OH is 1. The fourth-order valence-corrected chi connectivity index (χ4v) is 3.29. The van der Waals surface area contributed by atoms with Crippen molar-refractivity contribution >= 4 is 0 Å². The summed E-state index contributed by atoms with van der Waals surface area (Å²) in [6.45, 7) is 10.3. The van der Waals surface area contributed by atoms with Crippen molar-refractivity contribution in [3.05, 3.63) is 35.9 Å². The third kappa shape index (κ3) is 3.60. The summed E-state index contributed by atoms with van der Waals surface area (Å²) in [6, 6.07) is 10.1. The van der Waals surface area contributed by atoms with Crippen LogP contribution in [-0.2, 0) is 4.74 Å². The average molecular weight is 277 g/mol. The molecule has 1 aliphatic heterocycles. The zero-order chi connectivity index (χ0) is 14.7. The summed E-state index contributed by atoms with van der Waals surface area (Å²) in [7, 11) is 0. The lowest BCUT2D eigenvalue weighted by Gasteiger charge is -2.43. The normalized spacial score (nSPS) is 27.5. The fraction of sp³-hybridized carbons (Fsp3) is 0.647. The molecule has 3 nitrogen and oxygen atoms in total. The molecule has 3 heteroatoms. The minimum absolute atomic E-state index is 0.131. The molecule has 1 aromatic carbocycles. The monoisotopic (exact) mass is 277 g/mol. The summed E-state index contributed by atoms with van der Waals surface area (Å²) in [5, 5.41) is 10.8. The molecule has 0 aliphatic carbocycles. The van der Waals surface area contributed by atoms with Crippen LogP contribution in [0.2, 0.25) is 0 Å². The quantitative estimate of drug-likeness (QED) is 0.918. The first-order valence-corrected chi connectivity index (χ1v) is 7.61. The van der Waals surface area contributed by atoms with E-state index in [2.05, 4.69) is 32.6 Å². The van der Waals surface area contributed by atoms with E-state index in [-0.39, 0.29) is 18.2 Å². The summed E-state index contributed by atoms with van der Waals surface area (Å²) in [5.41, 5.74) is 0.998. The van der Waals surface area contributed by atoms with Gasteiger partial charge in [0.05, 0.1) is 18.3 Å². The van der Waals surface area contributed by atoms with Gasteiger partial charge in [0, 0.05) is 19.1 Å². The maximum absolute atomic E-state index is 10.8. The van der Waals surface area contributed by atoms with E-state index in [9.17, 15) is 5.11 Å². The lowest BCUT2D eigenvalue weighted by atomic mass is 9.91. The van der Waals surface area contributed by atoms with Crippen LogP contribution in [-0.4, -0.2) is 41.3 Å². The SMILES string of the molecule is CC1CN(C(C(C)C)C(O)c2ccccc2)CC(C)O1. The van der Waals surface area contributed by atoms with E-state index in [4.69, 9.17) is 4.74 Å². The number of aliphatic hydroxyl groups is 1. The molecule has 2 rings (SSSR count). The third-order valence-corrected chi connectivity index (χ3v) is 4.02. The molecule has 112 valence electrons. The Kier molecular flexibility index (Phi) is 5.19. The summed E-state index contributed by atoms with van der Waals surface area (Å²) < 4.78 is 5.81. The van der Waals surface area contributed by atoms with Crippen molar-refractivity contribution in [3.8, 4) is 0 Å². The van der Waals surface area contributed by atoms with E-state index in [0.29, 0.717) is 5.92 Å². The Morgan fingerprint density at radius 2 is 1.65 bits per heavy atom. The Bertz CT molecular complexity index is 397. The van der Waals surface area contributed by atoms with Crippen molar-refractivity contribution in [2.24, 2.45) is 5.92 Å². The fourth-order valence-electron chi connectivity index (χ4n) is 3.29. The molecule has 0 radical (unpaired) electrons. The van der Waals surface area contributed by atoms with Crippen molar-refractivity contribution in [3.63, 3.8) is 0 Å². The molecule has 0 amide bonds. The zero-order valence-electron chi connectivity index (χ0n) is 13.0. The van der Waals surface area contributed by atoms with Crippen LogP contribution in [0, 0.1) is 5.92 Å². The number of hydrogen-bond donors (Lipinski definition) is 1. The van der Waals surface area contributed by atoms with Gasteiger partial charge < -0.3 is 9.84 Å². The number of ether oxygens (including phenoxy) is 1. The second-order valence-electron chi connectivity index (χ2n) is 6.30. The molecule has 1 aliphatic rings. The molecule has 0 bridgehead atoms. The van der Waals surface area contributed by atoms with Gasteiger partial charge in [0.25, 0.3) is 0 Å². The van der Waals surface area contributed by atoms with Gasteiger partial charge in [-0.15, -0.1) is 0 Å². The van der Waals surface area contributed by atoms with Crippen LogP contribution < -0.4 is 0 Å². The number of benzene rings is 1.